The minimum Gasteiger partial charge on any atom is -0.464 e. The van der Waals surface area contributed by atoms with Crippen molar-refractivity contribution in [3.63, 3.8) is 0 Å². The van der Waals surface area contributed by atoms with Gasteiger partial charge in [0.05, 0.1) is 17.1 Å². The number of carbonyl (C=O) groups is 1. The van der Waals surface area contributed by atoms with Gasteiger partial charge in [-0.05, 0) is 39.0 Å². The zero-order valence-electron chi connectivity index (χ0n) is 12.1. The predicted molar refractivity (Wildman–Crippen MR) is 82.7 cm³/mol. The van der Waals surface area contributed by atoms with Gasteiger partial charge in [-0.15, -0.1) is 0 Å². The fourth-order valence-corrected chi connectivity index (χ4v) is 2.20. The van der Waals surface area contributed by atoms with Crippen LogP contribution in [-0.2, 0) is 6.54 Å². The smallest absolute Gasteiger partial charge is 0.256 e. The molecule has 0 fully saturated rings. The van der Waals surface area contributed by atoms with E-state index in [4.69, 9.17) is 27.6 Å². The van der Waals surface area contributed by atoms with Gasteiger partial charge in [-0.2, -0.15) is 0 Å². The number of carbonyl (C=O) groups excluding carboxylic acids is 1. The zero-order chi connectivity index (χ0) is 15.6. The van der Waals surface area contributed by atoms with Crippen molar-refractivity contribution in [2.45, 2.75) is 33.4 Å². The third kappa shape index (κ3) is 3.77. The summed E-state index contributed by atoms with van der Waals surface area (Å²) in [6.07, 6.45) is 1.43. The Morgan fingerprint density at radius 2 is 2.10 bits per heavy atom. The molecule has 112 valence electrons. The lowest BCUT2D eigenvalue weighted by Gasteiger charge is -2.26. The first-order valence-corrected chi connectivity index (χ1v) is 7.31. The fourth-order valence-electron chi connectivity index (χ4n) is 1.93. The van der Waals surface area contributed by atoms with E-state index in [-0.39, 0.29) is 22.1 Å². The minimum absolute atomic E-state index is 0.0114. The number of aromatic nitrogens is 1. The Morgan fingerprint density at radius 3 is 2.62 bits per heavy atom. The molecule has 2 aromatic heterocycles. The monoisotopic (exact) mass is 326 g/mol. The highest BCUT2D eigenvalue weighted by molar-refractivity contribution is 6.41. The third-order valence-corrected chi connectivity index (χ3v) is 3.74. The molecule has 0 aliphatic carbocycles. The van der Waals surface area contributed by atoms with Crippen molar-refractivity contribution in [1.82, 2.24) is 9.88 Å². The van der Waals surface area contributed by atoms with Crippen LogP contribution in [0.2, 0.25) is 10.2 Å². The molecular weight excluding hydrogens is 311 g/mol. The van der Waals surface area contributed by atoms with E-state index in [0.717, 1.165) is 11.5 Å². The quantitative estimate of drug-likeness (QED) is 0.785. The highest BCUT2D eigenvalue weighted by Gasteiger charge is 2.21. The summed E-state index contributed by atoms with van der Waals surface area (Å²) in [7, 11) is 0. The molecule has 0 N–H and O–H groups in total. The molecule has 0 saturated heterocycles. The molecule has 6 heteroatoms. The molecule has 4 nitrogen and oxygen atoms in total. The Hall–Kier alpha value is -1.52. The van der Waals surface area contributed by atoms with Gasteiger partial charge in [0.15, 0.2) is 0 Å². The molecule has 2 aromatic rings. The van der Waals surface area contributed by atoms with Crippen molar-refractivity contribution in [2.75, 3.05) is 0 Å². The van der Waals surface area contributed by atoms with Crippen molar-refractivity contribution in [3.8, 4) is 0 Å². The second-order valence-electron chi connectivity index (χ2n) is 5.04. The average Bonchev–Trinajstić information content (AvgIpc) is 2.83. The molecular formula is C15H16Cl2N2O2. The number of halogens is 2. The van der Waals surface area contributed by atoms with Crippen molar-refractivity contribution in [1.29, 1.82) is 0 Å². The maximum absolute atomic E-state index is 12.6. The van der Waals surface area contributed by atoms with Gasteiger partial charge in [0.2, 0.25) is 0 Å². The predicted octanol–water partition coefficient (Wildman–Crippen LogP) is 4.34. The first-order chi connectivity index (χ1) is 9.88. The van der Waals surface area contributed by atoms with Crippen LogP contribution < -0.4 is 0 Å². The van der Waals surface area contributed by atoms with Crippen molar-refractivity contribution >= 4 is 29.1 Å². The van der Waals surface area contributed by atoms with Crippen LogP contribution in [0.3, 0.4) is 0 Å². The first kappa shape index (κ1) is 15.9. The number of nitrogens with zero attached hydrogens (tertiary/aromatic N) is 2. The number of pyridine rings is 1. The molecule has 0 bridgehead atoms. The first-order valence-electron chi connectivity index (χ1n) is 6.56. The SMILES string of the molecule is Cc1ccc(CN(C(=O)c2cnc(Cl)c(Cl)c2)C(C)C)o1. The van der Waals surface area contributed by atoms with Crippen LogP contribution in [0.25, 0.3) is 0 Å². The summed E-state index contributed by atoms with van der Waals surface area (Å²) in [4.78, 5) is 18.2. The Labute approximate surface area is 133 Å². The van der Waals surface area contributed by atoms with Gasteiger partial charge in [0.25, 0.3) is 5.91 Å². The number of amides is 1. The van der Waals surface area contributed by atoms with Gasteiger partial charge in [0, 0.05) is 12.2 Å². The highest BCUT2D eigenvalue weighted by atomic mass is 35.5. The van der Waals surface area contributed by atoms with E-state index in [1.54, 1.807) is 4.90 Å². The Bertz CT molecular complexity index is 653. The summed E-state index contributed by atoms with van der Waals surface area (Å²) in [5.41, 5.74) is 0.404. The maximum Gasteiger partial charge on any atom is 0.256 e. The zero-order valence-corrected chi connectivity index (χ0v) is 13.6. The van der Waals surface area contributed by atoms with Crippen LogP contribution >= 0.6 is 23.2 Å². The molecule has 0 atom stereocenters. The number of hydrogen-bond acceptors (Lipinski definition) is 3. The van der Waals surface area contributed by atoms with E-state index >= 15 is 0 Å². The molecule has 0 unspecified atom stereocenters. The molecule has 0 spiro atoms. The lowest BCUT2D eigenvalue weighted by molar-refractivity contribution is 0.0675. The standard InChI is InChI=1S/C15H16Cl2N2O2/c1-9(2)19(8-12-5-4-10(3)21-12)15(20)11-6-13(16)14(17)18-7-11/h4-7,9H,8H2,1-3H3. The molecule has 0 aromatic carbocycles. The van der Waals surface area contributed by atoms with Gasteiger partial charge in [-0.25, -0.2) is 4.98 Å². The normalized spacial score (nSPS) is 11.0. The lowest BCUT2D eigenvalue weighted by Crippen LogP contribution is -2.36. The molecule has 21 heavy (non-hydrogen) atoms. The highest BCUT2D eigenvalue weighted by Crippen LogP contribution is 2.22. The van der Waals surface area contributed by atoms with Crippen molar-refractivity contribution < 1.29 is 9.21 Å². The molecule has 0 aliphatic heterocycles. The molecule has 0 saturated carbocycles. The van der Waals surface area contributed by atoms with E-state index < -0.39 is 0 Å². The molecule has 1 amide bonds. The molecule has 2 heterocycles. The second-order valence-corrected chi connectivity index (χ2v) is 5.80. The van der Waals surface area contributed by atoms with Crippen LogP contribution in [0, 0.1) is 6.92 Å². The Morgan fingerprint density at radius 1 is 1.38 bits per heavy atom. The van der Waals surface area contributed by atoms with E-state index in [2.05, 4.69) is 4.98 Å². The summed E-state index contributed by atoms with van der Waals surface area (Å²) in [6, 6.07) is 5.28. The van der Waals surface area contributed by atoms with Crippen LogP contribution in [0.5, 0.6) is 0 Å². The molecule has 0 aliphatic rings. The second kappa shape index (κ2) is 6.50. The summed E-state index contributed by atoms with van der Waals surface area (Å²) >= 11 is 11.7. The minimum atomic E-state index is -0.162. The summed E-state index contributed by atoms with van der Waals surface area (Å²) in [5.74, 6) is 1.39. The van der Waals surface area contributed by atoms with Gasteiger partial charge in [-0.3, -0.25) is 4.79 Å². The molecule has 0 radical (unpaired) electrons. The topological polar surface area (TPSA) is 46.3 Å². The maximum atomic E-state index is 12.6. The van der Waals surface area contributed by atoms with E-state index in [9.17, 15) is 4.79 Å². The van der Waals surface area contributed by atoms with E-state index in [1.165, 1.54) is 12.3 Å². The number of rotatable bonds is 4. The van der Waals surface area contributed by atoms with Crippen LogP contribution in [0.1, 0.15) is 35.7 Å². The average molecular weight is 327 g/mol. The number of furan rings is 1. The number of hydrogen-bond donors (Lipinski definition) is 0. The van der Waals surface area contributed by atoms with Crippen LogP contribution in [0.4, 0.5) is 0 Å². The van der Waals surface area contributed by atoms with Gasteiger partial charge < -0.3 is 9.32 Å². The van der Waals surface area contributed by atoms with Crippen LogP contribution in [0.15, 0.2) is 28.8 Å². The van der Waals surface area contributed by atoms with E-state index in [1.807, 2.05) is 32.9 Å². The van der Waals surface area contributed by atoms with Crippen molar-refractivity contribution in [2.24, 2.45) is 0 Å². The number of aryl methyl sites for hydroxylation is 1. The van der Waals surface area contributed by atoms with Gasteiger partial charge in [0.1, 0.15) is 16.7 Å². The van der Waals surface area contributed by atoms with Gasteiger partial charge >= 0.3 is 0 Å². The Kier molecular flexibility index (Phi) is 4.91. The third-order valence-electron chi connectivity index (χ3n) is 3.05. The Balaban J connectivity index is 2.24. The lowest BCUT2D eigenvalue weighted by atomic mass is 10.2. The summed E-state index contributed by atoms with van der Waals surface area (Å²) in [6.45, 7) is 6.15. The van der Waals surface area contributed by atoms with Crippen molar-refractivity contribution in [3.05, 3.63) is 51.7 Å². The molecule has 2 rings (SSSR count). The van der Waals surface area contributed by atoms with E-state index in [0.29, 0.717) is 12.1 Å². The van der Waals surface area contributed by atoms with Crippen LogP contribution in [-0.4, -0.2) is 21.8 Å². The largest absolute Gasteiger partial charge is 0.464 e. The fraction of sp³-hybridized carbons (Fsp3) is 0.333. The summed E-state index contributed by atoms with van der Waals surface area (Å²) < 4.78 is 5.54. The summed E-state index contributed by atoms with van der Waals surface area (Å²) in [5, 5.41) is 0.450. The van der Waals surface area contributed by atoms with Gasteiger partial charge in [-0.1, -0.05) is 23.2 Å².